The molecule has 5 rings (SSSR count). The van der Waals surface area contributed by atoms with E-state index in [0.717, 1.165) is 37.1 Å². The van der Waals surface area contributed by atoms with Crippen molar-refractivity contribution in [2.24, 2.45) is 22.5 Å². The van der Waals surface area contributed by atoms with Crippen molar-refractivity contribution in [2.75, 3.05) is 32.5 Å². The minimum atomic E-state index is -0.568. The van der Waals surface area contributed by atoms with Gasteiger partial charge >= 0.3 is 23.9 Å². The van der Waals surface area contributed by atoms with E-state index in [1.165, 1.54) is 6.33 Å². The molecule has 4 unspecified atom stereocenters. The highest BCUT2D eigenvalue weighted by Gasteiger charge is 2.40. The average molecular weight is 928 g/mol. The number of aromatic nitrogens is 4. The Hall–Kier alpha value is -6.13. The molecule has 0 amide bonds. The van der Waals surface area contributed by atoms with E-state index in [1.807, 2.05) is 52.8 Å². The lowest BCUT2D eigenvalue weighted by Gasteiger charge is -2.22. The van der Waals surface area contributed by atoms with E-state index in [-0.39, 0.29) is 67.3 Å². The summed E-state index contributed by atoms with van der Waals surface area (Å²) in [5, 5.41) is 32.8. The third-order valence-electron chi connectivity index (χ3n) is 9.86. The quantitative estimate of drug-likeness (QED) is 0.0270. The fourth-order valence-electron chi connectivity index (χ4n) is 6.50. The fraction of sp³-hybridized carbons (Fsp3) is 0.622. The number of nitrogens with one attached hydrogen (secondary N) is 2. The zero-order valence-corrected chi connectivity index (χ0v) is 39.6. The van der Waals surface area contributed by atoms with Crippen LogP contribution in [0, 0.1) is 45.8 Å². The average Bonchev–Trinajstić information content (AvgIpc) is 4.10. The van der Waals surface area contributed by atoms with Crippen LogP contribution in [0.1, 0.15) is 137 Å². The first-order valence-electron chi connectivity index (χ1n) is 21.5. The number of carbonyl (C=O) groups excluding carboxylic acids is 4. The first-order valence-corrected chi connectivity index (χ1v) is 21.5. The van der Waals surface area contributed by atoms with Gasteiger partial charge in [-0.15, -0.1) is 0 Å². The number of esters is 4. The summed E-state index contributed by atoms with van der Waals surface area (Å²) in [6.45, 7) is 23.3. The standard InChI is InChI=1S/C24H36N4O6.C13H19N3O3.C6H12O3.2CHN/c1-6-9-24(4,5)23(30)32-14-31-12-20-19(34-21(29)10-15(2)3)11-18(33-20)16-7-8-17-22(25)26-13-27-28(16)17;1-2-12(17)18-7-8-3-6-11(19-8)9-4-5-10(16-9)13(14)15;1-6(2,3)5(8)9-4-7;2*1-2/h7-8,13,15,18-20H,6,9-12,14H2,1-5H3,(H2,25,26,27);4-5,8,11,16H,2-3,6-7H2,1H3,(H3,14,15);7H,4H2,1-3H3;2*1H/t18?,19-,20?;;;;/m0..../s1. The number of nitriles is 2. The van der Waals surface area contributed by atoms with Crippen molar-refractivity contribution in [2.45, 2.75) is 138 Å². The first-order chi connectivity index (χ1) is 31.2. The third kappa shape index (κ3) is 18.8. The number of anilines is 1. The molecule has 0 radical (unpaired) electrons. The number of nitrogens with zero attached hydrogens (tertiary/aromatic N) is 5. The number of carbonyl (C=O) groups is 4. The summed E-state index contributed by atoms with van der Waals surface area (Å²) in [5.41, 5.74) is 13.2. The molecule has 2 saturated heterocycles. The Morgan fingerprint density at radius 2 is 1.64 bits per heavy atom. The highest BCUT2D eigenvalue weighted by Crippen LogP contribution is 2.36. The molecule has 3 aromatic rings. The number of aliphatic hydroxyl groups is 1. The van der Waals surface area contributed by atoms with Gasteiger partial charge in [0.1, 0.15) is 42.6 Å². The van der Waals surface area contributed by atoms with Crippen LogP contribution in [-0.4, -0.2) is 99.5 Å². The number of amidine groups is 1. The molecule has 0 bridgehead atoms. The normalized spacial score (nSPS) is 18.7. The lowest BCUT2D eigenvalue weighted by molar-refractivity contribution is -0.172. The highest BCUT2D eigenvalue weighted by atomic mass is 16.7. The van der Waals surface area contributed by atoms with E-state index < -0.39 is 29.8 Å². The van der Waals surface area contributed by atoms with E-state index in [1.54, 1.807) is 38.3 Å². The van der Waals surface area contributed by atoms with Crippen molar-refractivity contribution < 1.29 is 57.4 Å². The van der Waals surface area contributed by atoms with Crippen molar-refractivity contribution in [3.63, 3.8) is 0 Å². The predicted octanol–water partition coefficient (Wildman–Crippen LogP) is 5.72. The number of H-pyrrole nitrogens is 1. The molecule has 2 fully saturated rings. The second kappa shape index (κ2) is 28.7. The maximum absolute atomic E-state index is 12.4. The highest BCUT2D eigenvalue weighted by molar-refractivity contribution is 5.93. The Morgan fingerprint density at radius 3 is 2.20 bits per heavy atom. The molecule has 0 aliphatic carbocycles. The van der Waals surface area contributed by atoms with Gasteiger partial charge in [-0.2, -0.15) is 5.10 Å². The summed E-state index contributed by atoms with van der Waals surface area (Å²) in [5.74, 6) is -0.620. The molecule has 21 nitrogen and oxygen atoms in total. The van der Waals surface area contributed by atoms with Gasteiger partial charge in [0, 0.05) is 38.1 Å². The summed E-state index contributed by atoms with van der Waals surface area (Å²) in [7, 11) is 0. The van der Waals surface area contributed by atoms with Crippen LogP contribution >= 0.6 is 0 Å². The SMILES string of the molecule is C#N.C#N.CC(C)(C)C(=O)OCO.CCC(=O)OCC1CCC(c2ccc(C(=N)N)[nH]2)O1.CCCC(C)(C)C(=O)OCOCC1OC(c2ccc3c(N)ncnn23)C[C@@H]1OC(=O)CC(C)C. The van der Waals surface area contributed by atoms with E-state index >= 15 is 0 Å². The van der Waals surface area contributed by atoms with Crippen LogP contribution in [0.4, 0.5) is 5.82 Å². The van der Waals surface area contributed by atoms with E-state index in [4.69, 9.17) is 60.9 Å². The molecule has 5 heterocycles. The van der Waals surface area contributed by atoms with Gasteiger partial charge in [0.05, 0.1) is 41.0 Å². The Labute approximate surface area is 386 Å². The fourth-order valence-corrected chi connectivity index (χ4v) is 6.50. The monoisotopic (exact) mass is 928 g/mol. The molecule has 0 spiro atoms. The van der Waals surface area contributed by atoms with Gasteiger partial charge in [0.2, 0.25) is 0 Å². The summed E-state index contributed by atoms with van der Waals surface area (Å²) in [4.78, 5) is 53.5. The summed E-state index contributed by atoms with van der Waals surface area (Å²) in [6.07, 6.45) is 4.36. The van der Waals surface area contributed by atoms with Crippen LogP contribution in [0.3, 0.4) is 0 Å². The number of hydrogen-bond acceptors (Lipinski definition) is 18. The molecule has 7 N–H and O–H groups in total. The van der Waals surface area contributed by atoms with Crippen molar-refractivity contribution in [1.29, 1.82) is 15.9 Å². The lowest BCUT2D eigenvalue weighted by Crippen LogP contribution is -2.32. The lowest BCUT2D eigenvalue weighted by atomic mass is 9.88. The molecule has 366 valence electrons. The van der Waals surface area contributed by atoms with Crippen molar-refractivity contribution in [3.8, 4) is 13.1 Å². The van der Waals surface area contributed by atoms with Crippen LogP contribution in [0.25, 0.3) is 5.52 Å². The molecule has 2 aliphatic heterocycles. The molecule has 0 aromatic carbocycles. The van der Waals surface area contributed by atoms with E-state index in [2.05, 4.69) is 32.9 Å². The van der Waals surface area contributed by atoms with Crippen LogP contribution < -0.4 is 11.5 Å². The smallest absolute Gasteiger partial charge is 0.313 e. The summed E-state index contributed by atoms with van der Waals surface area (Å²) in [6, 6.07) is 7.35. The number of nitrogens with two attached hydrogens (primary N) is 2. The number of aliphatic hydroxyl groups excluding tert-OH is 1. The molecule has 21 heteroatoms. The van der Waals surface area contributed by atoms with Crippen LogP contribution in [-0.2, 0) is 52.3 Å². The molecule has 3 aromatic heterocycles. The Kier molecular flexibility index (Phi) is 25.2. The zero-order chi connectivity index (χ0) is 50.2. The minimum absolute atomic E-state index is 0.0117. The second-order valence-corrected chi connectivity index (χ2v) is 17.2. The van der Waals surface area contributed by atoms with Crippen molar-refractivity contribution >= 4 is 41.0 Å². The Morgan fingerprint density at radius 1 is 0.955 bits per heavy atom. The molecule has 5 atom stereocenters. The summed E-state index contributed by atoms with van der Waals surface area (Å²) < 4.78 is 39.8. The van der Waals surface area contributed by atoms with Gasteiger partial charge in [-0.25, -0.2) is 20.0 Å². The van der Waals surface area contributed by atoms with Gasteiger partial charge < -0.3 is 54.7 Å². The minimum Gasteiger partial charge on any atom is -0.463 e. The van der Waals surface area contributed by atoms with Crippen molar-refractivity contribution in [3.05, 3.63) is 47.7 Å². The van der Waals surface area contributed by atoms with Crippen molar-refractivity contribution in [1.82, 2.24) is 19.6 Å². The summed E-state index contributed by atoms with van der Waals surface area (Å²) >= 11 is 0. The number of ether oxygens (including phenoxy) is 7. The van der Waals surface area contributed by atoms with E-state index in [9.17, 15) is 19.2 Å². The van der Waals surface area contributed by atoms with Crippen LogP contribution in [0.5, 0.6) is 0 Å². The number of rotatable bonds is 17. The maximum Gasteiger partial charge on any atom is 0.313 e. The third-order valence-corrected chi connectivity index (χ3v) is 9.86. The number of hydrogen-bond donors (Lipinski definition) is 5. The number of aromatic amines is 1. The predicted molar refractivity (Wildman–Crippen MR) is 240 cm³/mol. The van der Waals surface area contributed by atoms with Gasteiger partial charge in [-0.3, -0.25) is 24.6 Å². The van der Waals surface area contributed by atoms with Crippen LogP contribution in [0.15, 0.2) is 30.6 Å². The molecule has 2 aliphatic rings. The maximum atomic E-state index is 12.4. The molecular formula is C45H69N9O12. The number of fused-ring (bicyclic) bond motifs is 1. The topological polar surface area (TPSA) is 323 Å². The van der Waals surface area contributed by atoms with Gasteiger partial charge in [-0.05, 0) is 84.1 Å². The molecule has 66 heavy (non-hydrogen) atoms. The van der Waals surface area contributed by atoms with E-state index in [0.29, 0.717) is 42.9 Å². The molecule has 0 saturated carbocycles. The van der Waals surface area contributed by atoms with Gasteiger partial charge in [-0.1, -0.05) is 34.1 Å². The van der Waals surface area contributed by atoms with Gasteiger partial charge in [0.25, 0.3) is 0 Å². The zero-order valence-electron chi connectivity index (χ0n) is 39.6. The first kappa shape index (κ1) is 57.9. The largest absolute Gasteiger partial charge is 0.463 e. The number of nitrogen functional groups attached to an aromatic ring is 2. The second-order valence-electron chi connectivity index (χ2n) is 17.2. The Balaban J connectivity index is 0.000000568. The Bertz CT molecular complexity index is 2020. The van der Waals surface area contributed by atoms with Crippen LogP contribution in [0.2, 0.25) is 0 Å². The molecular weight excluding hydrogens is 859 g/mol. The van der Waals surface area contributed by atoms with Gasteiger partial charge in [0.15, 0.2) is 19.4 Å².